The Hall–Kier alpha value is -1.88. The van der Waals surface area contributed by atoms with Crippen LogP contribution >= 0.6 is 0 Å². The average Bonchev–Trinajstić information content (AvgIpc) is 2.90. The molecule has 2 bridgehead atoms. The second-order valence-electron chi connectivity index (χ2n) is 7.34. The molecular formula is C18H23N3O2. The van der Waals surface area contributed by atoms with E-state index in [0.717, 1.165) is 18.6 Å². The zero-order chi connectivity index (χ0) is 16.2. The number of aromatic nitrogens is 1. The van der Waals surface area contributed by atoms with E-state index < -0.39 is 0 Å². The summed E-state index contributed by atoms with van der Waals surface area (Å²) in [6, 6.07) is 5.67. The number of piperidine rings is 3. The molecule has 1 amide bonds. The maximum atomic E-state index is 12.7. The van der Waals surface area contributed by atoms with Crippen molar-refractivity contribution in [1.82, 2.24) is 15.2 Å². The molecular weight excluding hydrogens is 290 g/mol. The molecule has 3 aliphatic rings. The lowest BCUT2D eigenvalue weighted by molar-refractivity contribution is -0.0378. The van der Waals surface area contributed by atoms with Gasteiger partial charge in [-0.2, -0.15) is 0 Å². The van der Waals surface area contributed by atoms with Crippen molar-refractivity contribution >= 4 is 17.0 Å². The lowest BCUT2D eigenvalue weighted by Gasteiger charge is -2.56. The predicted octanol–water partition coefficient (Wildman–Crippen LogP) is 2.74. The third-order valence-corrected chi connectivity index (χ3v) is 5.63. The predicted molar refractivity (Wildman–Crippen MR) is 88.4 cm³/mol. The number of oxazole rings is 1. The Bertz CT molecular complexity index is 757. The normalized spacial score (nSPS) is 28.9. The number of hydrogen-bond acceptors (Lipinski definition) is 4. The van der Waals surface area contributed by atoms with Crippen LogP contribution in [0.25, 0.3) is 11.1 Å². The highest BCUT2D eigenvalue weighted by molar-refractivity contribution is 5.97. The molecule has 5 rings (SSSR count). The topological polar surface area (TPSA) is 58.4 Å². The third kappa shape index (κ3) is 2.34. The third-order valence-electron chi connectivity index (χ3n) is 5.63. The van der Waals surface area contributed by atoms with Crippen molar-refractivity contribution in [1.29, 1.82) is 0 Å². The summed E-state index contributed by atoms with van der Waals surface area (Å²) in [5, 5.41) is 3.29. The molecule has 5 heteroatoms. The highest BCUT2D eigenvalue weighted by atomic mass is 16.3. The van der Waals surface area contributed by atoms with E-state index in [1.165, 1.54) is 12.8 Å². The fourth-order valence-electron chi connectivity index (χ4n) is 4.28. The standard InChI is InChI=1S/C18H23N3O2/c1-11-19-14-5-4-13(10-15(14)23-11)17(22)20-16-12-6-8-21(9-7-12)18(16,2)3/h4-5,10,12,16H,6-9H2,1-3H3,(H,20,22)/t16-/m0/s1. The smallest absolute Gasteiger partial charge is 0.251 e. The van der Waals surface area contributed by atoms with Crippen LogP contribution in [0.3, 0.4) is 0 Å². The van der Waals surface area contributed by atoms with Gasteiger partial charge in [-0.1, -0.05) is 0 Å². The van der Waals surface area contributed by atoms with Crippen LogP contribution < -0.4 is 5.32 Å². The Kier molecular flexibility index (Phi) is 3.23. The Morgan fingerprint density at radius 1 is 1.35 bits per heavy atom. The van der Waals surface area contributed by atoms with Crippen LogP contribution in [0.1, 0.15) is 42.9 Å². The second kappa shape index (κ2) is 5.06. The van der Waals surface area contributed by atoms with E-state index in [2.05, 4.69) is 29.0 Å². The molecule has 3 fully saturated rings. The number of fused-ring (bicyclic) bond motifs is 4. The van der Waals surface area contributed by atoms with Gasteiger partial charge in [0, 0.05) is 24.1 Å². The first-order valence-corrected chi connectivity index (χ1v) is 8.38. The number of carbonyl (C=O) groups is 1. The van der Waals surface area contributed by atoms with Crippen molar-refractivity contribution < 1.29 is 9.21 Å². The quantitative estimate of drug-likeness (QED) is 0.926. The van der Waals surface area contributed by atoms with E-state index in [0.29, 0.717) is 23.0 Å². The highest BCUT2D eigenvalue weighted by Gasteiger charge is 2.48. The lowest BCUT2D eigenvalue weighted by atomic mass is 9.72. The van der Waals surface area contributed by atoms with Crippen molar-refractivity contribution in [2.24, 2.45) is 5.92 Å². The summed E-state index contributed by atoms with van der Waals surface area (Å²) in [7, 11) is 0. The number of rotatable bonds is 2. The summed E-state index contributed by atoms with van der Waals surface area (Å²) in [4.78, 5) is 19.5. The van der Waals surface area contributed by atoms with Crippen LogP contribution in [0.5, 0.6) is 0 Å². The molecule has 23 heavy (non-hydrogen) atoms. The van der Waals surface area contributed by atoms with Gasteiger partial charge in [-0.15, -0.1) is 0 Å². The molecule has 1 N–H and O–H groups in total. The van der Waals surface area contributed by atoms with Gasteiger partial charge in [0.1, 0.15) is 5.52 Å². The number of benzene rings is 1. The molecule has 0 aliphatic carbocycles. The van der Waals surface area contributed by atoms with E-state index in [4.69, 9.17) is 4.42 Å². The summed E-state index contributed by atoms with van der Waals surface area (Å²) in [5.74, 6) is 1.18. The Morgan fingerprint density at radius 3 is 2.78 bits per heavy atom. The SMILES string of the molecule is Cc1nc2ccc(C(=O)N[C@H]3C4CCN(CC4)C3(C)C)cc2o1. The van der Waals surface area contributed by atoms with Crippen LogP contribution in [0.15, 0.2) is 22.6 Å². The van der Waals surface area contributed by atoms with Crippen LogP contribution in [0.4, 0.5) is 0 Å². The second-order valence-corrected chi connectivity index (χ2v) is 7.34. The van der Waals surface area contributed by atoms with Crippen molar-refractivity contribution in [2.75, 3.05) is 13.1 Å². The van der Waals surface area contributed by atoms with E-state index in [9.17, 15) is 4.79 Å². The van der Waals surface area contributed by atoms with Gasteiger partial charge in [0.05, 0.1) is 0 Å². The van der Waals surface area contributed by atoms with Gasteiger partial charge in [-0.3, -0.25) is 9.69 Å². The number of amides is 1. The number of aryl methyl sites for hydroxylation is 1. The largest absolute Gasteiger partial charge is 0.441 e. The first kappa shape index (κ1) is 14.7. The molecule has 4 heterocycles. The molecule has 0 spiro atoms. The van der Waals surface area contributed by atoms with Crippen LogP contribution in [-0.4, -0.2) is 40.5 Å². The zero-order valence-electron chi connectivity index (χ0n) is 13.9. The number of carbonyl (C=O) groups excluding carboxylic acids is 1. The molecule has 2 aromatic rings. The van der Waals surface area contributed by atoms with Crippen LogP contribution in [0, 0.1) is 12.8 Å². The Morgan fingerprint density at radius 2 is 2.09 bits per heavy atom. The lowest BCUT2D eigenvalue weighted by Crippen LogP contribution is -2.69. The Labute approximate surface area is 136 Å². The molecule has 1 atom stereocenters. The van der Waals surface area contributed by atoms with Gasteiger partial charge in [-0.25, -0.2) is 4.98 Å². The molecule has 1 aromatic heterocycles. The minimum absolute atomic E-state index is 0.0176. The minimum atomic E-state index is -0.0206. The monoisotopic (exact) mass is 313 g/mol. The summed E-state index contributed by atoms with van der Waals surface area (Å²) < 4.78 is 5.54. The van der Waals surface area contributed by atoms with Gasteiger partial charge in [0.15, 0.2) is 11.5 Å². The van der Waals surface area contributed by atoms with Crippen LogP contribution in [-0.2, 0) is 0 Å². The number of hydrogen-bond donors (Lipinski definition) is 1. The fourth-order valence-corrected chi connectivity index (χ4v) is 4.28. The summed E-state index contributed by atoms with van der Waals surface area (Å²) in [5.41, 5.74) is 2.12. The van der Waals surface area contributed by atoms with Gasteiger partial charge in [0.2, 0.25) is 0 Å². The van der Waals surface area contributed by atoms with E-state index in [1.54, 1.807) is 6.07 Å². The van der Waals surface area contributed by atoms with Gasteiger partial charge in [-0.05, 0) is 63.9 Å². The first-order chi connectivity index (χ1) is 10.9. The van der Waals surface area contributed by atoms with E-state index >= 15 is 0 Å². The van der Waals surface area contributed by atoms with Crippen molar-refractivity contribution in [3.8, 4) is 0 Å². The van der Waals surface area contributed by atoms with E-state index in [-0.39, 0.29) is 17.5 Å². The number of nitrogens with one attached hydrogen (secondary N) is 1. The molecule has 3 aliphatic heterocycles. The summed E-state index contributed by atoms with van der Waals surface area (Å²) in [6.07, 6.45) is 2.35. The fraction of sp³-hybridized carbons (Fsp3) is 0.556. The zero-order valence-corrected chi connectivity index (χ0v) is 13.9. The average molecular weight is 313 g/mol. The highest BCUT2D eigenvalue weighted by Crippen LogP contribution is 2.39. The van der Waals surface area contributed by atoms with Gasteiger partial charge in [0.25, 0.3) is 5.91 Å². The molecule has 5 nitrogen and oxygen atoms in total. The van der Waals surface area contributed by atoms with Crippen molar-refractivity contribution in [3.05, 3.63) is 29.7 Å². The minimum Gasteiger partial charge on any atom is -0.441 e. The van der Waals surface area contributed by atoms with Gasteiger partial charge >= 0.3 is 0 Å². The molecule has 3 saturated heterocycles. The summed E-state index contributed by atoms with van der Waals surface area (Å²) >= 11 is 0. The molecule has 0 saturated carbocycles. The summed E-state index contributed by atoms with van der Waals surface area (Å²) in [6.45, 7) is 8.59. The van der Waals surface area contributed by atoms with Crippen molar-refractivity contribution in [2.45, 2.75) is 45.2 Å². The first-order valence-electron chi connectivity index (χ1n) is 8.38. The maximum Gasteiger partial charge on any atom is 0.251 e. The van der Waals surface area contributed by atoms with Crippen molar-refractivity contribution in [3.63, 3.8) is 0 Å². The van der Waals surface area contributed by atoms with Crippen LogP contribution in [0.2, 0.25) is 0 Å². The number of nitrogens with zero attached hydrogens (tertiary/aromatic N) is 2. The Balaban J connectivity index is 1.58. The molecule has 1 aromatic carbocycles. The molecule has 0 radical (unpaired) electrons. The van der Waals surface area contributed by atoms with Gasteiger partial charge < -0.3 is 9.73 Å². The molecule has 0 unspecified atom stereocenters. The maximum absolute atomic E-state index is 12.7. The van der Waals surface area contributed by atoms with E-state index in [1.807, 2.05) is 19.1 Å². The molecule has 122 valence electrons.